The molecule has 0 aromatic rings. The largest absolute Gasteiger partial charge is 0.299 e. The highest BCUT2D eigenvalue weighted by molar-refractivity contribution is 5.82. The standard InChI is InChI=1S/C30H50O/c1-20-21(31)9-10-22-27(20,5)12-11-23-28(22,6)16-18-30(8)24-19-25(2,3)13-14-26(24,4)15-17-29(23,30)7/h20,22-24H,9-19H2,1-8H3/t20-,22+,23+,24-,26+,27+,28+,29+,30-/m0/s1. The second-order valence-corrected chi connectivity index (χ2v) is 15.3. The molecule has 5 rings (SSSR count). The van der Waals surface area contributed by atoms with Gasteiger partial charge in [0.1, 0.15) is 5.78 Å². The molecule has 0 N–H and O–H groups in total. The maximum atomic E-state index is 12.7. The fraction of sp³-hybridized carbons (Fsp3) is 0.967. The van der Waals surface area contributed by atoms with Gasteiger partial charge in [0, 0.05) is 12.3 Å². The molecule has 0 saturated heterocycles. The minimum Gasteiger partial charge on any atom is -0.299 e. The number of ketones is 1. The highest BCUT2D eigenvalue weighted by Crippen LogP contribution is 2.78. The molecule has 5 fully saturated rings. The van der Waals surface area contributed by atoms with Crippen molar-refractivity contribution in [2.24, 2.45) is 56.2 Å². The van der Waals surface area contributed by atoms with E-state index in [4.69, 9.17) is 0 Å². The third kappa shape index (κ3) is 2.70. The molecule has 0 radical (unpaired) electrons. The average molecular weight is 427 g/mol. The van der Waals surface area contributed by atoms with Gasteiger partial charge in [-0.1, -0.05) is 55.4 Å². The molecular weight excluding hydrogens is 376 g/mol. The number of Topliss-reactive ketones (excluding diaryl/α,β-unsaturated/α-hetero) is 1. The van der Waals surface area contributed by atoms with Crippen molar-refractivity contribution in [3.63, 3.8) is 0 Å². The van der Waals surface area contributed by atoms with Gasteiger partial charge in [-0.2, -0.15) is 0 Å². The summed E-state index contributed by atoms with van der Waals surface area (Å²) in [5.41, 5.74) is 2.67. The van der Waals surface area contributed by atoms with Gasteiger partial charge in [-0.25, -0.2) is 0 Å². The van der Waals surface area contributed by atoms with E-state index in [9.17, 15) is 4.79 Å². The SMILES string of the molecule is C[C@H]1C(=O)CC[C@@H]2[C@]1(C)CC[C@@H]1[C@]2(C)CC[C@@]2(C)[C@H]3CC(C)(C)CC[C@]3(C)CC[C@]12C. The summed E-state index contributed by atoms with van der Waals surface area (Å²) in [7, 11) is 0. The number of carbonyl (C=O) groups is 1. The summed E-state index contributed by atoms with van der Waals surface area (Å²) in [6, 6.07) is 0. The van der Waals surface area contributed by atoms with Crippen molar-refractivity contribution in [2.75, 3.05) is 0 Å². The second kappa shape index (κ2) is 6.41. The summed E-state index contributed by atoms with van der Waals surface area (Å²) in [5.74, 6) is 3.27. The van der Waals surface area contributed by atoms with Crippen molar-refractivity contribution >= 4 is 5.78 Å². The van der Waals surface area contributed by atoms with Crippen LogP contribution in [0, 0.1) is 56.2 Å². The summed E-state index contributed by atoms with van der Waals surface area (Å²) in [6.07, 6.45) is 14.6. The second-order valence-electron chi connectivity index (χ2n) is 15.3. The van der Waals surface area contributed by atoms with E-state index in [1.165, 1.54) is 57.8 Å². The van der Waals surface area contributed by atoms with E-state index in [0.29, 0.717) is 32.9 Å². The Hall–Kier alpha value is -0.330. The van der Waals surface area contributed by atoms with Gasteiger partial charge < -0.3 is 0 Å². The van der Waals surface area contributed by atoms with Crippen molar-refractivity contribution < 1.29 is 4.79 Å². The molecule has 5 aliphatic rings. The van der Waals surface area contributed by atoms with Gasteiger partial charge >= 0.3 is 0 Å². The Kier molecular flexibility index (Phi) is 4.65. The highest BCUT2D eigenvalue weighted by Gasteiger charge is 2.70. The number of fused-ring (bicyclic) bond motifs is 7. The number of rotatable bonds is 0. The zero-order valence-corrected chi connectivity index (χ0v) is 22.0. The monoisotopic (exact) mass is 426 g/mol. The van der Waals surface area contributed by atoms with Crippen LogP contribution in [0.25, 0.3) is 0 Å². The molecule has 0 aromatic heterocycles. The van der Waals surface area contributed by atoms with Crippen molar-refractivity contribution in [3.05, 3.63) is 0 Å². The van der Waals surface area contributed by atoms with Crippen molar-refractivity contribution in [2.45, 2.75) is 126 Å². The maximum Gasteiger partial charge on any atom is 0.136 e. The van der Waals surface area contributed by atoms with Gasteiger partial charge in [-0.3, -0.25) is 4.79 Å². The first-order valence-electron chi connectivity index (χ1n) is 13.7. The van der Waals surface area contributed by atoms with E-state index in [0.717, 1.165) is 30.6 Å². The Balaban J connectivity index is 1.55. The molecule has 0 bridgehead atoms. The molecule has 0 aromatic carbocycles. The topological polar surface area (TPSA) is 17.1 Å². The molecule has 9 atom stereocenters. The lowest BCUT2D eigenvalue weighted by atomic mass is 9.30. The molecule has 0 spiro atoms. The molecule has 176 valence electrons. The Bertz CT molecular complexity index is 781. The smallest absolute Gasteiger partial charge is 0.136 e. The summed E-state index contributed by atoms with van der Waals surface area (Å²) >= 11 is 0. The van der Waals surface area contributed by atoms with Crippen LogP contribution < -0.4 is 0 Å². The van der Waals surface area contributed by atoms with Gasteiger partial charge in [-0.15, -0.1) is 0 Å². The predicted octanol–water partition coefficient (Wildman–Crippen LogP) is 8.46. The van der Waals surface area contributed by atoms with Crippen LogP contribution in [-0.2, 0) is 4.79 Å². The minimum absolute atomic E-state index is 0.237. The molecule has 1 heteroatoms. The molecule has 5 aliphatic carbocycles. The Morgan fingerprint density at radius 3 is 1.97 bits per heavy atom. The lowest BCUT2D eigenvalue weighted by Gasteiger charge is -2.74. The molecule has 1 nitrogen and oxygen atoms in total. The molecular formula is C30H50O. The first-order valence-corrected chi connectivity index (χ1v) is 13.7. The molecule has 0 aliphatic heterocycles. The lowest BCUT2D eigenvalue weighted by Crippen LogP contribution is -2.67. The first kappa shape index (κ1) is 22.5. The molecule has 0 amide bonds. The van der Waals surface area contributed by atoms with Crippen LogP contribution in [0.2, 0.25) is 0 Å². The third-order valence-corrected chi connectivity index (χ3v) is 13.7. The van der Waals surface area contributed by atoms with E-state index in [2.05, 4.69) is 55.4 Å². The van der Waals surface area contributed by atoms with Crippen molar-refractivity contribution in [3.8, 4) is 0 Å². The van der Waals surface area contributed by atoms with Crippen LogP contribution in [-0.4, -0.2) is 5.78 Å². The van der Waals surface area contributed by atoms with Gasteiger partial charge in [0.25, 0.3) is 0 Å². The molecule has 0 heterocycles. The number of carbonyl (C=O) groups excluding carboxylic acids is 1. The number of hydrogen-bond acceptors (Lipinski definition) is 1. The summed E-state index contributed by atoms with van der Waals surface area (Å²) in [4.78, 5) is 12.7. The van der Waals surface area contributed by atoms with Gasteiger partial charge in [0.15, 0.2) is 0 Å². The van der Waals surface area contributed by atoms with Crippen LogP contribution in [0.1, 0.15) is 126 Å². The quantitative estimate of drug-likeness (QED) is 0.379. The van der Waals surface area contributed by atoms with Crippen molar-refractivity contribution in [1.29, 1.82) is 0 Å². The molecule has 5 saturated carbocycles. The van der Waals surface area contributed by atoms with Crippen LogP contribution >= 0.6 is 0 Å². The van der Waals surface area contributed by atoms with Crippen LogP contribution in [0.4, 0.5) is 0 Å². The third-order valence-electron chi connectivity index (χ3n) is 13.7. The predicted molar refractivity (Wildman–Crippen MR) is 130 cm³/mol. The Morgan fingerprint density at radius 1 is 0.645 bits per heavy atom. The summed E-state index contributed by atoms with van der Waals surface area (Å²) < 4.78 is 0. The van der Waals surface area contributed by atoms with E-state index in [1.807, 2.05) is 0 Å². The first-order chi connectivity index (χ1) is 14.2. The number of hydrogen-bond donors (Lipinski definition) is 0. The molecule has 31 heavy (non-hydrogen) atoms. The van der Waals surface area contributed by atoms with E-state index in [1.54, 1.807) is 0 Å². The van der Waals surface area contributed by atoms with Crippen molar-refractivity contribution in [1.82, 2.24) is 0 Å². The normalized spacial score (nSPS) is 58.5. The van der Waals surface area contributed by atoms with Gasteiger partial charge in [0.05, 0.1) is 0 Å². The maximum absolute atomic E-state index is 12.7. The zero-order chi connectivity index (χ0) is 22.7. The van der Waals surface area contributed by atoms with Crippen LogP contribution in [0.15, 0.2) is 0 Å². The van der Waals surface area contributed by atoms with Crippen LogP contribution in [0.5, 0.6) is 0 Å². The van der Waals surface area contributed by atoms with E-state index < -0.39 is 0 Å². The van der Waals surface area contributed by atoms with E-state index >= 15 is 0 Å². The molecule has 0 unspecified atom stereocenters. The van der Waals surface area contributed by atoms with Gasteiger partial charge in [-0.05, 0) is 114 Å². The minimum atomic E-state index is 0.237. The zero-order valence-electron chi connectivity index (χ0n) is 22.0. The fourth-order valence-electron chi connectivity index (χ4n) is 11.2. The van der Waals surface area contributed by atoms with Crippen LogP contribution in [0.3, 0.4) is 0 Å². The Morgan fingerprint density at radius 2 is 1.26 bits per heavy atom. The summed E-state index contributed by atoms with van der Waals surface area (Å²) in [6.45, 7) is 20.7. The fourth-order valence-corrected chi connectivity index (χ4v) is 11.2. The highest BCUT2D eigenvalue weighted by atomic mass is 16.1. The van der Waals surface area contributed by atoms with E-state index in [-0.39, 0.29) is 11.3 Å². The lowest BCUT2D eigenvalue weighted by molar-refractivity contribution is -0.256. The summed E-state index contributed by atoms with van der Waals surface area (Å²) in [5, 5.41) is 0. The average Bonchev–Trinajstić information content (AvgIpc) is 2.69. The Labute approximate surface area is 192 Å². The van der Waals surface area contributed by atoms with Gasteiger partial charge in [0.2, 0.25) is 0 Å².